The second-order valence-corrected chi connectivity index (χ2v) is 5.71. The van der Waals surface area contributed by atoms with E-state index in [1.807, 2.05) is 0 Å². The summed E-state index contributed by atoms with van der Waals surface area (Å²) < 4.78 is 15.6. The van der Waals surface area contributed by atoms with Gasteiger partial charge in [0.05, 0.1) is 11.6 Å². The van der Waals surface area contributed by atoms with Gasteiger partial charge in [-0.3, -0.25) is 0 Å². The fourth-order valence-corrected chi connectivity index (χ4v) is 2.79. The van der Waals surface area contributed by atoms with Gasteiger partial charge in [-0.25, -0.2) is 9.07 Å². The van der Waals surface area contributed by atoms with Gasteiger partial charge in [-0.15, -0.1) is 10.2 Å². The number of nitrogens with one attached hydrogen (secondary N) is 1. The Morgan fingerprint density at radius 2 is 2.06 bits per heavy atom. The maximum absolute atomic E-state index is 13.8. The van der Waals surface area contributed by atoms with E-state index in [4.69, 9.17) is 0 Å². The molecular formula is C12H13FN4S. The highest BCUT2D eigenvalue weighted by molar-refractivity contribution is 7.99. The number of thioether (sulfide) groups is 1. The van der Waals surface area contributed by atoms with Gasteiger partial charge in [0, 0.05) is 5.25 Å². The Labute approximate surface area is 109 Å². The average Bonchev–Trinajstić information content (AvgIpc) is 2.73. The van der Waals surface area contributed by atoms with Crippen molar-refractivity contribution in [3.8, 4) is 11.4 Å². The minimum absolute atomic E-state index is 0.282. The number of halogens is 1. The topological polar surface area (TPSA) is 42.7 Å². The van der Waals surface area contributed by atoms with Crippen molar-refractivity contribution in [3.63, 3.8) is 0 Å². The zero-order chi connectivity index (χ0) is 12.7. The van der Waals surface area contributed by atoms with Gasteiger partial charge in [0.2, 0.25) is 5.16 Å². The number of hydrogen-bond donors (Lipinski definition) is 1. The number of fused-ring (bicyclic) bond motifs is 1. The van der Waals surface area contributed by atoms with Gasteiger partial charge in [0.1, 0.15) is 5.82 Å². The zero-order valence-electron chi connectivity index (χ0n) is 10.1. The molecule has 0 amide bonds. The lowest BCUT2D eigenvalue weighted by molar-refractivity contribution is 0.609. The number of benzene rings is 1. The van der Waals surface area contributed by atoms with E-state index >= 15 is 0 Å². The van der Waals surface area contributed by atoms with Crippen LogP contribution in [0, 0.1) is 5.82 Å². The molecule has 0 saturated carbocycles. The van der Waals surface area contributed by atoms with Crippen LogP contribution in [0.2, 0.25) is 0 Å². The molecule has 1 aliphatic heterocycles. The summed E-state index contributed by atoms with van der Waals surface area (Å²) in [4.78, 5) is 0. The first-order valence-corrected chi connectivity index (χ1v) is 6.68. The number of nitrogens with zero attached hydrogens (tertiary/aromatic N) is 3. The number of rotatable bonds is 1. The molecule has 4 nitrogen and oxygen atoms in total. The predicted molar refractivity (Wildman–Crippen MR) is 69.6 cm³/mol. The molecule has 1 N–H and O–H groups in total. The fourth-order valence-electron chi connectivity index (χ4n) is 1.86. The maximum Gasteiger partial charge on any atom is 0.210 e. The molecule has 3 rings (SSSR count). The Kier molecular flexibility index (Phi) is 2.74. The Bertz CT molecular complexity index is 583. The highest BCUT2D eigenvalue weighted by atomic mass is 32.2. The molecule has 94 valence electrons. The van der Waals surface area contributed by atoms with Crippen molar-refractivity contribution in [2.75, 3.05) is 5.43 Å². The molecule has 1 aromatic heterocycles. The van der Waals surface area contributed by atoms with Gasteiger partial charge in [-0.2, -0.15) is 0 Å². The van der Waals surface area contributed by atoms with Crippen molar-refractivity contribution < 1.29 is 4.39 Å². The third-order valence-corrected chi connectivity index (χ3v) is 4.33. The SMILES string of the molecule is CC1Nn2c(nnc2-c2ccccc2F)SC1C. The largest absolute Gasteiger partial charge is 0.318 e. The molecule has 0 saturated heterocycles. The molecule has 0 fully saturated rings. The van der Waals surface area contributed by atoms with Crippen LogP contribution in [0.3, 0.4) is 0 Å². The summed E-state index contributed by atoms with van der Waals surface area (Å²) in [5.74, 6) is 0.236. The molecule has 0 bridgehead atoms. The van der Waals surface area contributed by atoms with E-state index in [0.29, 0.717) is 16.6 Å². The Morgan fingerprint density at radius 3 is 2.83 bits per heavy atom. The van der Waals surface area contributed by atoms with Gasteiger partial charge in [0.25, 0.3) is 0 Å². The normalized spacial score (nSPS) is 22.4. The average molecular weight is 264 g/mol. The smallest absolute Gasteiger partial charge is 0.210 e. The summed E-state index contributed by atoms with van der Waals surface area (Å²) in [5.41, 5.74) is 3.75. The first-order valence-electron chi connectivity index (χ1n) is 5.80. The third-order valence-electron chi connectivity index (χ3n) is 3.08. The highest BCUT2D eigenvalue weighted by Crippen LogP contribution is 2.31. The van der Waals surface area contributed by atoms with E-state index in [9.17, 15) is 4.39 Å². The molecule has 2 heterocycles. The summed E-state index contributed by atoms with van der Waals surface area (Å²) in [6.45, 7) is 4.22. The van der Waals surface area contributed by atoms with Crippen molar-refractivity contribution in [2.45, 2.75) is 30.3 Å². The summed E-state index contributed by atoms with van der Waals surface area (Å²) >= 11 is 1.65. The second kappa shape index (κ2) is 4.28. The summed E-state index contributed by atoms with van der Waals surface area (Å²) in [7, 11) is 0. The standard InChI is InChI=1S/C12H13FN4S/c1-7-8(2)18-12-15-14-11(17(12)16-7)9-5-3-4-6-10(9)13/h3-8,16H,1-2H3. The van der Waals surface area contributed by atoms with Crippen LogP contribution >= 0.6 is 11.8 Å². The minimum Gasteiger partial charge on any atom is -0.318 e. The minimum atomic E-state index is -0.286. The van der Waals surface area contributed by atoms with Crippen LogP contribution in [0.5, 0.6) is 0 Å². The van der Waals surface area contributed by atoms with E-state index in [1.54, 1.807) is 34.6 Å². The zero-order valence-corrected chi connectivity index (χ0v) is 10.9. The lowest BCUT2D eigenvalue weighted by atomic mass is 10.2. The predicted octanol–water partition coefficient (Wildman–Crippen LogP) is 2.51. The van der Waals surface area contributed by atoms with Crippen LogP contribution in [0.1, 0.15) is 13.8 Å². The summed E-state index contributed by atoms with van der Waals surface area (Å²) in [5, 5.41) is 9.38. The van der Waals surface area contributed by atoms with Crippen molar-refractivity contribution in [1.82, 2.24) is 14.9 Å². The molecule has 0 aliphatic carbocycles. The van der Waals surface area contributed by atoms with Gasteiger partial charge in [-0.05, 0) is 19.1 Å². The first kappa shape index (κ1) is 11.5. The highest BCUT2D eigenvalue weighted by Gasteiger charge is 2.27. The van der Waals surface area contributed by atoms with Crippen LogP contribution in [0.4, 0.5) is 4.39 Å². The van der Waals surface area contributed by atoms with Crippen LogP contribution in [0.15, 0.2) is 29.4 Å². The molecule has 0 radical (unpaired) electrons. The van der Waals surface area contributed by atoms with E-state index in [-0.39, 0.29) is 11.9 Å². The van der Waals surface area contributed by atoms with E-state index in [1.165, 1.54) is 6.07 Å². The maximum atomic E-state index is 13.8. The van der Waals surface area contributed by atoms with Gasteiger partial charge in [0.15, 0.2) is 5.82 Å². The van der Waals surface area contributed by atoms with E-state index < -0.39 is 0 Å². The Morgan fingerprint density at radius 1 is 1.28 bits per heavy atom. The second-order valence-electron chi connectivity index (χ2n) is 4.36. The van der Waals surface area contributed by atoms with E-state index in [2.05, 4.69) is 29.5 Å². The molecule has 6 heteroatoms. The fraction of sp³-hybridized carbons (Fsp3) is 0.333. The molecule has 2 atom stereocenters. The lowest BCUT2D eigenvalue weighted by Gasteiger charge is -2.28. The van der Waals surface area contributed by atoms with Crippen LogP contribution in [0.25, 0.3) is 11.4 Å². The van der Waals surface area contributed by atoms with Crippen molar-refractivity contribution in [3.05, 3.63) is 30.1 Å². The van der Waals surface area contributed by atoms with Crippen molar-refractivity contribution in [2.24, 2.45) is 0 Å². The van der Waals surface area contributed by atoms with Gasteiger partial charge in [-0.1, -0.05) is 30.8 Å². The quantitative estimate of drug-likeness (QED) is 0.859. The van der Waals surface area contributed by atoms with Crippen LogP contribution < -0.4 is 5.43 Å². The third kappa shape index (κ3) is 1.77. The molecule has 2 unspecified atom stereocenters. The molecule has 1 aromatic carbocycles. The van der Waals surface area contributed by atoms with Crippen LogP contribution in [-0.4, -0.2) is 26.2 Å². The Balaban J connectivity index is 2.09. The van der Waals surface area contributed by atoms with Crippen molar-refractivity contribution >= 4 is 11.8 Å². The lowest BCUT2D eigenvalue weighted by Crippen LogP contribution is -2.37. The summed E-state index contributed by atoms with van der Waals surface area (Å²) in [6.07, 6.45) is 0. The Hall–Kier alpha value is -1.56. The molecular weight excluding hydrogens is 251 g/mol. The van der Waals surface area contributed by atoms with Crippen LogP contribution in [-0.2, 0) is 0 Å². The monoisotopic (exact) mass is 264 g/mol. The molecule has 18 heavy (non-hydrogen) atoms. The summed E-state index contributed by atoms with van der Waals surface area (Å²) in [6, 6.07) is 6.88. The number of hydrogen-bond acceptors (Lipinski definition) is 4. The van der Waals surface area contributed by atoms with Gasteiger partial charge >= 0.3 is 0 Å². The number of aromatic nitrogens is 3. The van der Waals surface area contributed by atoms with E-state index in [0.717, 1.165) is 5.16 Å². The molecule has 1 aliphatic rings. The molecule has 0 spiro atoms. The first-order chi connectivity index (χ1) is 8.66. The van der Waals surface area contributed by atoms with Crippen molar-refractivity contribution in [1.29, 1.82) is 0 Å². The molecule has 2 aromatic rings. The van der Waals surface area contributed by atoms with Gasteiger partial charge < -0.3 is 5.43 Å².